The smallest absolute Gasteiger partial charge is 0.0468 e. The molecule has 0 radical (unpaired) electrons. The minimum atomic E-state index is -0.0531. The molecule has 1 aromatic rings. The van der Waals surface area contributed by atoms with Crippen molar-refractivity contribution >= 4 is 17.3 Å². The number of anilines is 1. The van der Waals surface area contributed by atoms with Crippen molar-refractivity contribution < 1.29 is 0 Å². The van der Waals surface area contributed by atoms with E-state index in [1.807, 2.05) is 19.2 Å². The molecule has 0 atom stereocenters. The van der Waals surface area contributed by atoms with Gasteiger partial charge in [0.15, 0.2) is 0 Å². The van der Waals surface area contributed by atoms with Gasteiger partial charge in [0.25, 0.3) is 0 Å². The van der Waals surface area contributed by atoms with Crippen molar-refractivity contribution in [3.8, 4) is 0 Å². The number of benzene rings is 1. The van der Waals surface area contributed by atoms with Crippen molar-refractivity contribution in [2.45, 2.75) is 19.3 Å². The second-order valence-corrected chi connectivity index (χ2v) is 4.67. The fourth-order valence-corrected chi connectivity index (χ4v) is 2.53. The van der Waals surface area contributed by atoms with Crippen LogP contribution >= 0.6 is 11.6 Å². The predicted molar refractivity (Wildman–Crippen MR) is 62.0 cm³/mol. The molecule has 1 aliphatic rings. The second-order valence-electron chi connectivity index (χ2n) is 4.26. The summed E-state index contributed by atoms with van der Waals surface area (Å²) >= 11 is 6.22. The topological polar surface area (TPSA) is 3.24 Å². The average Bonchev–Trinajstić information content (AvgIpc) is 2.29. The third-order valence-corrected chi connectivity index (χ3v) is 3.42. The summed E-state index contributed by atoms with van der Waals surface area (Å²) in [5, 5.41) is 0.831. The van der Waals surface area contributed by atoms with Gasteiger partial charge in [-0.25, -0.2) is 0 Å². The van der Waals surface area contributed by atoms with E-state index in [0.29, 0.717) is 0 Å². The molecule has 0 unspecified atom stereocenters. The lowest BCUT2D eigenvalue weighted by Crippen LogP contribution is -2.21. The van der Waals surface area contributed by atoms with Gasteiger partial charge in [-0.05, 0) is 12.1 Å². The van der Waals surface area contributed by atoms with E-state index >= 15 is 0 Å². The number of likely N-dealkylation sites (N-methyl/N-ethyl adjacent to an activating group) is 1. The first-order valence-electron chi connectivity index (χ1n) is 4.68. The summed E-state index contributed by atoms with van der Waals surface area (Å²) in [4.78, 5) is 2.11. The van der Waals surface area contributed by atoms with Gasteiger partial charge >= 0.3 is 0 Å². The highest BCUT2D eigenvalue weighted by atomic mass is 35.5. The van der Waals surface area contributed by atoms with Gasteiger partial charge in [0.05, 0.1) is 0 Å². The van der Waals surface area contributed by atoms with Crippen molar-refractivity contribution in [1.82, 2.24) is 0 Å². The zero-order valence-corrected chi connectivity index (χ0v) is 9.52. The Morgan fingerprint density at radius 1 is 1.36 bits per heavy atom. The number of hydrogen-bond donors (Lipinski definition) is 0. The third kappa shape index (κ3) is 1.02. The molecule has 0 aromatic heterocycles. The van der Waals surface area contributed by atoms with Crippen LogP contribution < -0.4 is 4.90 Å². The SMILES string of the molecule is C=C1N(C)c2cccc(Cl)c2C1(C)C. The minimum Gasteiger partial charge on any atom is -0.348 e. The van der Waals surface area contributed by atoms with Crippen molar-refractivity contribution in [2.75, 3.05) is 11.9 Å². The van der Waals surface area contributed by atoms with Gasteiger partial charge in [-0.2, -0.15) is 0 Å². The molecule has 1 aliphatic heterocycles. The molecule has 1 aromatic carbocycles. The first-order valence-corrected chi connectivity index (χ1v) is 5.06. The summed E-state index contributed by atoms with van der Waals surface area (Å²) in [6.45, 7) is 8.42. The van der Waals surface area contributed by atoms with Gasteiger partial charge in [-0.1, -0.05) is 38.1 Å². The lowest BCUT2D eigenvalue weighted by Gasteiger charge is -2.22. The van der Waals surface area contributed by atoms with E-state index < -0.39 is 0 Å². The van der Waals surface area contributed by atoms with E-state index in [1.54, 1.807) is 0 Å². The standard InChI is InChI=1S/C12H14ClN/c1-8-12(2,3)11-9(13)6-5-7-10(11)14(8)4/h5-7H,1H2,2-4H3. The molecule has 0 aliphatic carbocycles. The maximum atomic E-state index is 6.22. The first kappa shape index (κ1) is 9.60. The molecule has 2 rings (SSSR count). The fraction of sp³-hybridized carbons (Fsp3) is 0.333. The molecule has 0 bridgehead atoms. The highest BCUT2D eigenvalue weighted by molar-refractivity contribution is 6.32. The van der Waals surface area contributed by atoms with Crippen molar-refractivity contribution in [1.29, 1.82) is 0 Å². The molecule has 1 nitrogen and oxygen atoms in total. The zero-order valence-electron chi connectivity index (χ0n) is 8.76. The Bertz CT molecular complexity index is 407. The Kier molecular flexibility index (Phi) is 1.90. The summed E-state index contributed by atoms with van der Waals surface area (Å²) in [5.41, 5.74) is 3.41. The van der Waals surface area contributed by atoms with Gasteiger partial charge in [0.2, 0.25) is 0 Å². The molecule has 0 spiro atoms. The Morgan fingerprint density at radius 3 is 2.57 bits per heavy atom. The zero-order chi connectivity index (χ0) is 10.5. The van der Waals surface area contributed by atoms with Crippen molar-refractivity contribution in [3.63, 3.8) is 0 Å². The molecule has 0 N–H and O–H groups in total. The highest BCUT2D eigenvalue weighted by Crippen LogP contribution is 2.48. The van der Waals surface area contributed by atoms with Crippen molar-refractivity contribution in [3.05, 3.63) is 41.1 Å². The van der Waals surface area contributed by atoms with Gasteiger partial charge in [-0.15, -0.1) is 0 Å². The maximum Gasteiger partial charge on any atom is 0.0468 e. The van der Waals surface area contributed by atoms with Crippen LogP contribution in [-0.4, -0.2) is 7.05 Å². The minimum absolute atomic E-state index is 0.0531. The second kappa shape index (κ2) is 2.77. The third-order valence-electron chi connectivity index (χ3n) is 3.10. The summed E-state index contributed by atoms with van der Waals surface area (Å²) in [6.07, 6.45) is 0. The summed E-state index contributed by atoms with van der Waals surface area (Å²) in [5.74, 6) is 0. The van der Waals surface area contributed by atoms with Crippen LogP contribution in [0.3, 0.4) is 0 Å². The number of halogens is 1. The Morgan fingerprint density at radius 2 is 2.00 bits per heavy atom. The van der Waals surface area contributed by atoms with Gasteiger partial charge < -0.3 is 4.90 Å². The number of fused-ring (bicyclic) bond motifs is 1. The predicted octanol–water partition coefficient (Wildman–Crippen LogP) is 3.58. The van der Waals surface area contributed by atoms with E-state index in [4.69, 9.17) is 11.6 Å². The fourth-order valence-electron chi connectivity index (χ4n) is 2.12. The average molecular weight is 208 g/mol. The van der Waals surface area contributed by atoms with Crippen molar-refractivity contribution in [2.24, 2.45) is 0 Å². The monoisotopic (exact) mass is 207 g/mol. The normalized spacial score (nSPS) is 18.6. The van der Waals surface area contributed by atoms with Crippen LogP contribution in [-0.2, 0) is 5.41 Å². The van der Waals surface area contributed by atoms with Crippen LogP contribution in [0.2, 0.25) is 5.02 Å². The van der Waals surface area contributed by atoms with E-state index in [1.165, 1.54) is 11.3 Å². The molecule has 0 saturated heterocycles. The van der Waals surface area contributed by atoms with Crippen LogP contribution in [0.15, 0.2) is 30.5 Å². The quantitative estimate of drug-likeness (QED) is 0.629. The van der Waals surface area contributed by atoms with E-state index in [-0.39, 0.29) is 5.41 Å². The first-order chi connectivity index (χ1) is 6.46. The molecular formula is C12H14ClN. The van der Waals surface area contributed by atoms with E-state index in [9.17, 15) is 0 Å². The molecule has 74 valence electrons. The molecule has 1 heterocycles. The molecule has 0 amide bonds. The van der Waals surface area contributed by atoms with Crippen LogP contribution in [0.4, 0.5) is 5.69 Å². The van der Waals surface area contributed by atoms with Gasteiger partial charge in [0, 0.05) is 34.4 Å². The molecule has 2 heteroatoms. The number of rotatable bonds is 0. The van der Waals surface area contributed by atoms with Gasteiger partial charge in [0.1, 0.15) is 0 Å². The Hall–Kier alpha value is -0.950. The van der Waals surface area contributed by atoms with Crippen LogP contribution in [0, 0.1) is 0 Å². The van der Waals surface area contributed by atoms with Crippen LogP contribution in [0.25, 0.3) is 0 Å². The largest absolute Gasteiger partial charge is 0.348 e. The Labute approximate surface area is 90.0 Å². The molecule has 14 heavy (non-hydrogen) atoms. The molecular weight excluding hydrogens is 194 g/mol. The summed E-state index contributed by atoms with van der Waals surface area (Å²) in [7, 11) is 2.03. The lowest BCUT2D eigenvalue weighted by molar-refractivity contribution is 0.643. The van der Waals surface area contributed by atoms with Gasteiger partial charge in [-0.3, -0.25) is 0 Å². The van der Waals surface area contributed by atoms with E-state index in [2.05, 4.69) is 31.4 Å². The molecule has 0 fully saturated rings. The number of hydrogen-bond acceptors (Lipinski definition) is 1. The highest BCUT2D eigenvalue weighted by Gasteiger charge is 2.38. The lowest BCUT2D eigenvalue weighted by atomic mass is 9.84. The number of nitrogens with zero attached hydrogens (tertiary/aromatic N) is 1. The van der Waals surface area contributed by atoms with E-state index in [0.717, 1.165) is 10.7 Å². The molecule has 0 saturated carbocycles. The maximum absolute atomic E-state index is 6.22. The number of allylic oxidation sites excluding steroid dienone is 1. The summed E-state index contributed by atoms with van der Waals surface area (Å²) < 4.78 is 0. The summed E-state index contributed by atoms with van der Waals surface area (Å²) in [6, 6.07) is 6.00. The Balaban J connectivity index is 2.75. The van der Waals surface area contributed by atoms with Crippen LogP contribution in [0.5, 0.6) is 0 Å². The van der Waals surface area contributed by atoms with Crippen LogP contribution in [0.1, 0.15) is 19.4 Å².